The number of ether oxygens (including phenoxy) is 1. The Labute approximate surface area is 178 Å². The van der Waals surface area contributed by atoms with Crippen molar-refractivity contribution >= 4 is 29.3 Å². The molecule has 0 spiro atoms. The van der Waals surface area contributed by atoms with Crippen molar-refractivity contribution in [2.45, 2.75) is 37.1 Å². The first-order valence-electron chi connectivity index (χ1n) is 8.08. The van der Waals surface area contributed by atoms with Gasteiger partial charge in [0, 0.05) is 6.20 Å². The molecule has 32 heavy (non-hydrogen) atoms. The van der Waals surface area contributed by atoms with Gasteiger partial charge in [-0.1, -0.05) is 5.92 Å². The van der Waals surface area contributed by atoms with Crippen LogP contribution in [-0.2, 0) is 31.6 Å². The van der Waals surface area contributed by atoms with Crippen LogP contribution in [-0.4, -0.2) is 58.2 Å². The van der Waals surface area contributed by atoms with E-state index >= 15 is 4.39 Å². The third kappa shape index (κ3) is 6.09. The van der Waals surface area contributed by atoms with Crippen LogP contribution >= 0.6 is 23.5 Å². The number of nitrogen functional groups attached to an aromatic ring is 1. The first kappa shape index (κ1) is 26.7. The second kappa shape index (κ2) is 9.03. The average molecular weight is 523 g/mol. The third-order valence-electron chi connectivity index (χ3n) is 3.89. The van der Waals surface area contributed by atoms with Crippen LogP contribution in [0.1, 0.15) is 13.2 Å². The first-order valence-corrected chi connectivity index (χ1v) is 12.6. The summed E-state index contributed by atoms with van der Waals surface area (Å²) < 4.78 is 66.7. The second-order valence-corrected chi connectivity index (χ2v) is 10.6. The van der Waals surface area contributed by atoms with Crippen LogP contribution in [0.3, 0.4) is 0 Å². The first-order chi connectivity index (χ1) is 14.4. The Morgan fingerprint density at radius 1 is 1.31 bits per heavy atom. The van der Waals surface area contributed by atoms with E-state index in [0.717, 1.165) is 19.2 Å². The maximum absolute atomic E-state index is 15.3. The van der Waals surface area contributed by atoms with E-state index < -0.39 is 59.4 Å². The highest BCUT2D eigenvalue weighted by molar-refractivity contribution is 7.66. The number of anilines is 1. The van der Waals surface area contributed by atoms with Gasteiger partial charge in [0.05, 0.1) is 6.10 Å². The van der Waals surface area contributed by atoms with Gasteiger partial charge in [0.25, 0.3) is 0 Å². The fourth-order valence-corrected chi connectivity index (χ4v) is 5.87. The van der Waals surface area contributed by atoms with E-state index in [1.54, 1.807) is 5.92 Å². The molecule has 0 amide bonds. The van der Waals surface area contributed by atoms with Crippen molar-refractivity contribution < 1.29 is 60.6 Å². The molecule has 7 atom stereocenters. The van der Waals surface area contributed by atoms with E-state index in [1.807, 2.05) is 0 Å². The molecule has 1 aromatic heterocycles. The van der Waals surface area contributed by atoms with Gasteiger partial charge < -0.3 is 35.2 Å². The maximum atomic E-state index is 15.3. The lowest BCUT2D eigenvalue weighted by Gasteiger charge is -2.25. The van der Waals surface area contributed by atoms with Gasteiger partial charge in [-0.2, -0.15) is 13.6 Å². The van der Waals surface area contributed by atoms with Crippen molar-refractivity contribution in [2.24, 2.45) is 0 Å². The molecule has 16 nitrogen and oxygen atoms in total. The van der Waals surface area contributed by atoms with E-state index in [2.05, 4.69) is 18.1 Å². The molecular weight excluding hydrogens is 506 g/mol. The third-order valence-corrected chi connectivity index (χ3v) is 7.82. The number of hydrogen-bond acceptors (Lipinski definition) is 11. The second-order valence-electron chi connectivity index (χ2n) is 6.25. The standard InChI is InChI=1S/C12H17FN3O13P3/c1-3-12(13)9(17)8(26-10(12)16-5-4-7(14)15-11(16)18)6(2)27-31(22,23)29-32(24,25)28-30(19,20)21/h1,4-6,8-10,17H,2H3,(H,22,23)(H,24,25)(H2,14,15,18)(H2,19,20,21)/t6-,8+,9-,10+,12?/m0/s1. The van der Waals surface area contributed by atoms with E-state index in [4.69, 9.17) is 31.6 Å². The zero-order valence-corrected chi connectivity index (χ0v) is 18.4. The van der Waals surface area contributed by atoms with Gasteiger partial charge >= 0.3 is 29.2 Å². The summed E-state index contributed by atoms with van der Waals surface area (Å²) >= 11 is 0. The van der Waals surface area contributed by atoms with E-state index in [1.165, 1.54) is 0 Å². The average Bonchev–Trinajstić information content (AvgIpc) is 2.84. The molecule has 20 heteroatoms. The van der Waals surface area contributed by atoms with E-state index in [0.29, 0.717) is 4.57 Å². The van der Waals surface area contributed by atoms with Gasteiger partial charge in [0.2, 0.25) is 5.67 Å². The maximum Gasteiger partial charge on any atom is 0.490 e. The zero-order chi connectivity index (χ0) is 24.7. The minimum atomic E-state index is -5.82. The van der Waals surface area contributed by atoms with Crippen molar-refractivity contribution in [1.82, 2.24) is 9.55 Å². The Morgan fingerprint density at radius 3 is 2.41 bits per heavy atom. The molecule has 1 saturated heterocycles. The van der Waals surface area contributed by atoms with Gasteiger partial charge in [0.15, 0.2) is 6.23 Å². The lowest BCUT2D eigenvalue weighted by Crippen LogP contribution is -2.45. The van der Waals surface area contributed by atoms with Crippen molar-refractivity contribution in [1.29, 1.82) is 0 Å². The Hall–Kier alpha value is -1.50. The summed E-state index contributed by atoms with van der Waals surface area (Å²) in [6.45, 7) is 0.926. The molecule has 2 heterocycles. The summed E-state index contributed by atoms with van der Waals surface area (Å²) in [5.41, 5.74) is 1.15. The van der Waals surface area contributed by atoms with Crippen LogP contribution < -0.4 is 11.4 Å². The normalized spacial score (nSPS) is 30.8. The number of nitrogens with zero attached hydrogens (tertiary/aromatic N) is 2. The predicted molar refractivity (Wildman–Crippen MR) is 99.9 cm³/mol. The Morgan fingerprint density at radius 2 is 1.91 bits per heavy atom. The van der Waals surface area contributed by atoms with Crippen LogP contribution in [0.2, 0.25) is 0 Å². The fourth-order valence-electron chi connectivity index (χ4n) is 2.67. The van der Waals surface area contributed by atoms with Crippen LogP contribution in [0.4, 0.5) is 10.2 Å². The highest BCUT2D eigenvalue weighted by Crippen LogP contribution is 2.66. The number of alkyl halides is 1. The van der Waals surface area contributed by atoms with Gasteiger partial charge in [-0.15, -0.1) is 6.42 Å². The number of hydrogen-bond donors (Lipinski definition) is 6. The van der Waals surface area contributed by atoms with Gasteiger partial charge in [-0.25, -0.2) is 22.9 Å². The molecule has 1 aliphatic rings. The molecule has 2 rings (SSSR count). The number of halogens is 1. The number of aliphatic hydroxyl groups excluding tert-OH is 1. The molecule has 7 N–H and O–H groups in total. The fraction of sp³-hybridized carbons (Fsp3) is 0.500. The molecule has 3 unspecified atom stereocenters. The molecule has 1 aromatic rings. The summed E-state index contributed by atoms with van der Waals surface area (Å²) in [4.78, 5) is 51.2. The highest BCUT2D eigenvalue weighted by atomic mass is 31.3. The number of nitrogens with two attached hydrogens (primary N) is 1. The lowest BCUT2D eigenvalue weighted by molar-refractivity contribution is -0.0780. The molecule has 0 radical (unpaired) electrons. The summed E-state index contributed by atoms with van der Waals surface area (Å²) in [6.07, 6.45) is -1.85. The summed E-state index contributed by atoms with van der Waals surface area (Å²) in [7, 11) is -17.1. The number of phosphoric ester groups is 1. The topological polar surface area (TPSA) is 250 Å². The molecule has 1 aliphatic heterocycles. The van der Waals surface area contributed by atoms with Crippen molar-refractivity contribution in [3.8, 4) is 12.3 Å². The SMILES string of the molecule is C#CC1(F)[C@@H](O)[C@@H]([C@H](C)OP(=O)(O)OP(=O)(O)OP(=O)(O)O)O[C@H]1n1ccc(N)nc1=O. The van der Waals surface area contributed by atoms with Gasteiger partial charge in [-0.05, 0) is 13.0 Å². The van der Waals surface area contributed by atoms with Gasteiger partial charge in [-0.3, -0.25) is 9.09 Å². The van der Waals surface area contributed by atoms with Gasteiger partial charge in [0.1, 0.15) is 18.0 Å². The number of phosphoric acid groups is 3. The number of aromatic nitrogens is 2. The summed E-state index contributed by atoms with van der Waals surface area (Å²) in [5, 5.41) is 10.3. The molecular formula is C12H17FN3O13P3. The van der Waals surface area contributed by atoms with Crippen molar-refractivity contribution in [3.05, 3.63) is 22.7 Å². The predicted octanol–water partition coefficient (Wildman–Crippen LogP) is -0.843. The van der Waals surface area contributed by atoms with Crippen LogP contribution in [0.5, 0.6) is 0 Å². The van der Waals surface area contributed by atoms with Crippen LogP contribution in [0.15, 0.2) is 17.1 Å². The molecule has 0 aliphatic carbocycles. The lowest BCUT2D eigenvalue weighted by atomic mass is 9.95. The molecule has 0 saturated carbocycles. The van der Waals surface area contributed by atoms with Crippen LogP contribution in [0.25, 0.3) is 0 Å². The number of terminal acetylenes is 1. The molecule has 0 bridgehead atoms. The minimum Gasteiger partial charge on any atom is -0.386 e. The Balaban J connectivity index is 2.27. The molecule has 0 aromatic carbocycles. The number of rotatable bonds is 8. The highest BCUT2D eigenvalue weighted by Gasteiger charge is 2.60. The van der Waals surface area contributed by atoms with Crippen molar-refractivity contribution in [3.63, 3.8) is 0 Å². The van der Waals surface area contributed by atoms with E-state index in [9.17, 15) is 28.5 Å². The minimum absolute atomic E-state index is 0.215. The summed E-state index contributed by atoms with van der Waals surface area (Å²) in [5.74, 6) is 1.41. The Bertz CT molecular complexity index is 1120. The molecule has 180 valence electrons. The largest absolute Gasteiger partial charge is 0.490 e. The monoisotopic (exact) mass is 523 g/mol. The smallest absolute Gasteiger partial charge is 0.386 e. The number of aliphatic hydroxyl groups is 1. The van der Waals surface area contributed by atoms with E-state index in [-0.39, 0.29) is 5.82 Å². The zero-order valence-electron chi connectivity index (χ0n) is 15.7. The Kier molecular flexibility index (Phi) is 7.55. The van der Waals surface area contributed by atoms with Crippen molar-refractivity contribution in [2.75, 3.05) is 5.73 Å². The summed E-state index contributed by atoms with van der Waals surface area (Å²) in [6, 6.07) is 1.09. The quantitative estimate of drug-likeness (QED) is 0.179. The van der Waals surface area contributed by atoms with Crippen LogP contribution in [0, 0.1) is 12.3 Å². The molecule has 1 fully saturated rings.